The third kappa shape index (κ3) is 7.35. The highest BCUT2D eigenvalue weighted by molar-refractivity contribution is 6.74. The number of hydrogen-bond acceptors (Lipinski definition) is 5. The number of carbonyl (C=O) groups is 2. The van der Waals surface area contributed by atoms with Gasteiger partial charge in [0.05, 0.1) is 12.1 Å². The minimum Gasteiger partial charge on any atom is -0.543 e. The van der Waals surface area contributed by atoms with Crippen molar-refractivity contribution in [1.29, 1.82) is 0 Å². The van der Waals surface area contributed by atoms with E-state index in [1.165, 1.54) is 0 Å². The summed E-state index contributed by atoms with van der Waals surface area (Å²) in [6.45, 7) is 16.8. The van der Waals surface area contributed by atoms with E-state index in [-0.39, 0.29) is 24.0 Å². The number of benzene rings is 3. The Labute approximate surface area is 221 Å². The van der Waals surface area contributed by atoms with Gasteiger partial charge in [-0.1, -0.05) is 63.2 Å². The van der Waals surface area contributed by atoms with Gasteiger partial charge in [0.15, 0.2) is 5.78 Å². The van der Waals surface area contributed by atoms with Gasteiger partial charge in [0, 0.05) is 5.56 Å². The van der Waals surface area contributed by atoms with Crippen LogP contribution in [-0.2, 0) is 4.74 Å². The van der Waals surface area contributed by atoms with Crippen LogP contribution >= 0.6 is 0 Å². The normalized spacial score (nSPS) is 12.2. The Balaban J connectivity index is 1.84. The quantitative estimate of drug-likeness (QED) is 0.190. The number of alkyl carbamates (subject to hydrolysis) is 1. The Kier molecular flexibility index (Phi) is 8.37. The van der Waals surface area contributed by atoms with E-state index in [1.54, 1.807) is 24.3 Å². The van der Waals surface area contributed by atoms with Gasteiger partial charge < -0.3 is 19.2 Å². The molecule has 0 heterocycles. The number of amides is 1. The van der Waals surface area contributed by atoms with E-state index in [1.807, 2.05) is 57.2 Å². The molecule has 1 N–H and O–H groups in total. The molecule has 0 aromatic heterocycles. The van der Waals surface area contributed by atoms with Crippen molar-refractivity contribution in [3.8, 4) is 11.5 Å². The van der Waals surface area contributed by atoms with Gasteiger partial charge in [-0.05, 0) is 67.9 Å². The fourth-order valence-electron chi connectivity index (χ4n) is 3.51. The van der Waals surface area contributed by atoms with Gasteiger partial charge in [-0.25, -0.2) is 4.79 Å². The molecule has 6 nitrogen and oxygen atoms in total. The Morgan fingerprint density at radius 2 is 1.59 bits per heavy atom. The molecule has 0 saturated heterocycles. The zero-order chi connectivity index (χ0) is 27.4. The van der Waals surface area contributed by atoms with Gasteiger partial charge in [0.1, 0.15) is 23.7 Å². The van der Waals surface area contributed by atoms with Crippen LogP contribution in [-0.4, -0.2) is 38.9 Å². The minimum absolute atomic E-state index is 0.0138. The average molecular weight is 522 g/mol. The summed E-state index contributed by atoms with van der Waals surface area (Å²) in [7, 11) is -2.19. The number of ether oxygens (including phenoxy) is 2. The fraction of sp³-hybridized carbons (Fsp3) is 0.400. The second-order valence-corrected chi connectivity index (χ2v) is 16.4. The van der Waals surface area contributed by atoms with Crippen molar-refractivity contribution in [1.82, 2.24) is 5.32 Å². The van der Waals surface area contributed by atoms with Crippen molar-refractivity contribution < 1.29 is 23.5 Å². The van der Waals surface area contributed by atoms with Crippen molar-refractivity contribution >= 4 is 31.0 Å². The fourth-order valence-corrected chi connectivity index (χ4v) is 4.53. The number of ketones is 1. The molecule has 0 aliphatic heterocycles. The van der Waals surface area contributed by atoms with Gasteiger partial charge in [0.25, 0.3) is 8.32 Å². The second kappa shape index (κ2) is 11.0. The lowest BCUT2D eigenvalue weighted by Gasteiger charge is -2.37. The highest BCUT2D eigenvalue weighted by Gasteiger charge is 2.40. The van der Waals surface area contributed by atoms with Gasteiger partial charge >= 0.3 is 6.09 Å². The zero-order valence-electron chi connectivity index (χ0n) is 23.2. The third-order valence-electron chi connectivity index (χ3n) is 6.42. The first-order chi connectivity index (χ1) is 17.2. The molecule has 3 aromatic rings. The first-order valence-electron chi connectivity index (χ1n) is 12.6. The topological polar surface area (TPSA) is 73.9 Å². The third-order valence-corrected chi connectivity index (χ3v) is 10.8. The van der Waals surface area contributed by atoms with Crippen molar-refractivity contribution in [3.05, 3.63) is 71.8 Å². The van der Waals surface area contributed by atoms with E-state index in [9.17, 15) is 9.59 Å². The van der Waals surface area contributed by atoms with Crippen LogP contribution in [0, 0.1) is 0 Å². The molecule has 0 radical (unpaired) electrons. The maximum atomic E-state index is 13.9. The summed E-state index contributed by atoms with van der Waals surface area (Å²) in [6, 6.07) is 18.9. The van der Waals surface area contributed by atoms with E-state index in [0.29, 0.717) is 22.6 Å². The molecule has 198 valence electrons. The molecule has 0 aliphatic rings. The van der Waals surface area contributed by atoms with Crippen LogP contribution < -0.4 is 14.5 Å². The molecule has 0 spiro atoms. The maximum Gasteiger partial charge on any atom is 0.407 e. The van der Waals surface area contributed by atoms with Crippen LogP contribution in [0.4, 0.5) is 4.79 Å². The van der Waals surface area contributed by atoms with Gasteiger partial charge in [-0.2, -0.15) is 0 Å². The zero-order valence-corrected chi connectivity index (χ0v) is 24.2. The summed E-state index contributed by atoms with van der Waals surface area (Å²) < 4.78 is 17.7. The molecule has 0 fully saturated rings. The molecule has 0 aliphatic carbocycles. The van der Waals surface area contributed by atoms with Crippen LogP contribution in [0.2, 0.25) is 18.1 Å². The van der Waals surface area contributed by atoms with E-state index in [0.717, 1.165) is 10.8 Å². The maximum absolute atomic E-state index is 13.9. The molecule has 0 atom stereocenters. The van der Waals surface area contributed by atoms with Crippen LogP contribution in [0.3, 0.4) is 0 Å². The molecule has 0 saturated carbocycles. The number of fused-ring (bicyclic) bond motifs is 1. The van der Waals surface area contributed by atoms with Crippen LogP contribution in [0.5, 0.6) is 11.5 Å². The second-order valence-electron chi connectivity index (χ2n) is 11.7. The molecule has 0 unspecified atom stereocenters. The molecule has 3 aromatic carbocycles. The lowest BCUT2D eigenvalue weighted by molar-refractivity contribution is 0.0520. The SMILES string of the molecule is CC(C)(C)OC(=O)NCCOc1cccc(C(=O)c2c(O[Si](C)(C)C(C)(C)C)ccc3ccccc23)c1. The number of nitrogens with one attached hydrogen (secondary N) is 1. The first-order valence-corrected chi connectivity index (χ1v) is 15.5. The van der Waals surface area contributed by atoms with Gasteiger partial charge in [-0.3, -0.25) is 4.79 Å². The summed E-state index contributed by atoms with van der Waals surface area (Å²) in [5.41, 5.74) is 0.509. The van der Waals surface area contributed by atoms with Crippen molar-refractivity contribution in [2.45, 2.75) is 65.3 Å². The summed E-state index contributed by atoms with van der Waals surface area (Å²) in [5, 5.41) is 4.49. The highest BCUT2D eigenvalue weighted by atomic mass is 28.4. The smallest absolute Gasteiger partial charge is 0.407 e. The monoisotopic (exact) mass is 521 g/mol. The average Bonchev–Trinajstić information content (AvgIpc) is 2.79. The first kappa shape index (κ1) is 28.3. The summed E-state index contributed by atoms with van der Waals surface area (Å²) in [4.78, 5) is 25.8. The van der Waals surface area contributed by atoms with Crippen molar-refractivity contribution in [3.63, 3.8) is 0 Å². The minimum atomic E-state index is -2.19. The molecule has 1 amide bonds. The Morgan fingerprint density at radius 3 is 2.27 bits per heavy atom. The van der Waals surface area contributed by atoms with E-state index in [2.05, 4.69) is 39.2 Å². The molecule has 3 rings (SSSR count). The number of rotatable bonds is 8. The molecular formula is C30H39NO5Si. The van der Waals surface area contributed by atoms with Crippen LogP contribution in [0.1, 0.15) is 57.5 Å². The summed E-state index contributed by atoms with van der Waals surface area (Å²) in [6.07, 6.45) is -0.495. The Hall–Kier alpha value is -3.32. The Morgan fingerprint density at radius 1 is 0.892 bits per heavy atom. The van der Waals surface area contributed by atoms with Gasteiger partial charge in [0.2, 0.25) is 0 Å². The lowest BCUT2D eigenvalue weighted by Crippen LogP contribution is -2.44. The van der Waals surface area contributed by atoms with E-state index >= 15 is 0 Å². The molecule has 7 heteroatoms. The number of carbonyl (C=O) groups excluding carboxylic acids is 2. The van der Waals surface area contributed by atoms with E-state index < -0.39 is 20.0 Å². The lowest BCUT2D eigenvalue weighted by atomic mass is 9.96. The van der Waals surface area contributed by atoms with Crippen molar-refractivity contribution in [2.75, 3.05) is 13.2 Å². The van der Waals surface area contributed by atoms with Gasteiger partial charge in [-0.15, -0.1) is 0 Å². The predicted molar refractivity (Wildman–Crippen MR) is 151 cm³/mol. The molecule has 37 heavy (non-hydrogen) atoms. The highest BCUT2D eigenvalue weighted by Crippen LogP contribution is 2.40. The summed E-state index contributed by atoms with van der Waals surface area (Å²) in [5.74, 6) is 1.04. The van der Waals surface area contributed by atoms with Crippen LogP contribution in [0.15, 0.2) is 60.7 Å². The molecular weight excluding hydrogens is 482 g/mol. The molecule has 0 bridgehead atoms. The van der Waals surface area contributed by atoms with Crippen LogP contribution in [0.25, 0.3) is 10.8 Å². The van der Waals surface area contributed by atoms with E-state index in [4.69, 9.17) is 13.9 Å². The summed E-state index contributed by atoms with van der Waals surface area (Å²) >= 11 is 0. The predicted octanol–water partition coefficient (Wildman–Crippen LogP) is 7.36. The largest absolute Gasteiger partial charge is 0.543 e. The number of hydrogen-bond donors (Lipinski definition) is 1. The van der Waals surface area contributed by atoms with Crippen molar-refractivity contribution in [2.24, 2.45) is 0 Å². The Bertz CT molecular complexity index is 1270. The standard InChI is InChI=1S/C30H39NO5Si/c1-29(2,3)35-28(33)31-18-19-34-23-14-11-13-22(20-23)27(32)26-24-15-10-9-12-21(24)16-17-25(26)36-37(7,8)30(4,5)6/h9-17,20H,18-19H2,1-8H3,(H,31,33).